The monoisotopic (exact) mass is 398 g/mol. The number of nitrogens with zero attached hydrogens (tertiary/aromatic N) is 1. The maximum atomic E-state index is 14.4. The number of hydrogen-bond acceptors (Lipinski definition) is 3. The van der Waals surface area contributed by atoms with E-state index in [9.17, 15) is 8.78 Å². The summed E-state index contributed by atoms with van der Waals surface area (Å²) in [5, 5.41) is 3.30. The van der Waals surface area contributed by atoms with Crippen molar-refractivity contribution in [1.82, 2.24) is 10.2 Å². The van der Waals surface area contributed by atoms with Gasteiger partial charge in [-0.2, -0.15) is 0 Å². The van der Waals surface area contributed by atoms with Gasteiger partial charge in [0.25, 0.3) is 0 Å². The van der Waals surface area contributed by atoms with Gasteiger partial charge < -0.3 is 5.32 Å². The van der Waals surface area contributed by atoms with Gasteiger partial charge in [0, 0.05) is 41.6 Å². The summed E-state index contributed by atoms with van der Waals surface area (Å²) in [5.74, 6) is -1.25. The first-order chi connectivity index (χ1) is 10.6. The molecule has 1 fully saturated rings. The lowest BCUT2D eigenvalue weighted by Crippen LogP contribution is -2.45. The highest BCUT2D eigenvalue weighted by Crippen LogP contribution is 2.38. The molecule has 0 amide bonds. The van der Waals surface area contributed by atoms with Crippen LogP contribution in [0, 0.1) is 11.6 Å². The Morgan fingerprint density at radius 3 is 2.22 bits per heavy atom. The number of piperazine rings is 1. The number of rotatable bonds is 3. The summed E-state index contributed by atoms with van der Waals surface area (Å²) in [6.07, 6.45) is 0. The summed E-state index contributed by atoms with van der Waals surface area (Å²) in [4.78, 5) is 2.89. The largest absolute Gasteiger partial charge is 0.314 e. The first kappa shape index (κ1) is 18.9. The molecule has 0 unspecified atom stereocenters. The zero-order valence-corrected chi connectivity index (χ0v) is 15.1. The number of halogens is 5. The molecular weight excluding hydrogens is 385 g/mol. The lowest BCUT2D eigenvalue weighted by Gasteiger charge is -2.35. The molecule has 1 aliphatic heterocycles. The molecule has 1 saturated heterocycles. The van der Waals surface area contributed by atoms with Gasteiger partial charge in [-0.05, 0) is 24.3 Å². The molecule has 1 aliphatic rings. The van der Waals surface area contributed by atoms with Crippen LogP contribution in [0.3, 0.4) is 0 Å². The van der Waals surface area contributed by atoms with Crippen LogP contribution in [0.25, 0.3) is 0 Å². The SMILES string of the molecule is Cl.Fc1cc(Cl)cc(F)c1[C@H](c1ccc(Cl)s1)N1CCNCC1. The van der Waals surface area contributed by atoms with E-state index in [0.717, 1.165) is 30.1 Å². The Morgan fingerprint density at radius 1 is 1.09 bits per heavy atom. The summed E-state index contributed by atoms with van der Waals surface area (Å²) in [6, 6.07) is 5.40. The predicted octanol–water partition coefficient (Wildman–Crippen LogP) is 4.75. The molecule has 2 nitrogen and oxygen atoms in total. The van der Waals surface area contributed by atoms with Gasteiger partial charge in [-0.3, -0.25) is 4.90 Å². The summed E-state index contributed by atoms with van der Waals surface area (Å²) in [7, 11) is 0. The van der Waals surface area contributed by atoms with Crippen molar-refractivity contribution in [2.45, 2.75) is 6.04 Å². The molecular formula is C15H15Cl3F2N2S. The van der Waals surface area contributed by atoms with Crippen LogP contribution in [0.15, 0.2) is 24.3 Å². The van der Waals surface area contributed by atoms with Crippen LogP contribution < -0.4 is 5.32 Å². The Hall–Kier alpha value is -0.430. The van der Waals surface area contributed by atoms with Crippen molar-refractivity contribution in [3.05, 3.63) is 55.7 Å². The van der Waals surface area contributed by atoms with Crippen molar-refractivity contribution in [1.29, 1.82) is 0 Å². The van der Waals surface area contributed by atoms with Crippen LogP contribution in [0.2, 0.25) is 9.36 Å². The molecule has 1 N–H and O–H groups in total. The topological polar surface area (TPSA) is 15.3 Å². The molecule has 1 atom stereocenters. The molecule has 3 rings (SSSR count). The molecule has 0 spiro atoms. The number of nitrogens with one attached hydrogen (secondary N) is 1. The van der Waals surface area contributed by atoms with E-state index in [0.29, 0.717) is 17.4 Å². The molecule has 1 aromatic carbocycles. The van der Waals surface area contributed by atoms with E-state index in [1.807, 2.05) is 6.07 Å². The third-order valence-corrected chi connectivity index (χ3v) is 5.20. The van der Waals surface area contributed by atoms with Crippen LogP contribution in [0.5, 0.6) is 0 Å². The second-order valence-electron chi connectivity index (χ2n) is 5.11. The van der Waals surface area contributed by atoms with Gasteiger partial charge in [0.05, 0.1) is 10.4 Å². The van der Waals surface area contributed by atoms with Gasteiger partial charge in [-0.15, -0.1) is 23.7 Å². The van der Waals surface area contributed by atoms with Gasteiger partial charge in [0.15, 0.2) is 0 Å². The minimum absolute atomic E-state index is 0. The fourth-order valence-corrected chi connectivity index (χ4v) is 4.13. The maximum absolute atomic E-state index is 14.4. The van der Waals surface area contributed by atoms with Crippen LogP contribution in [0.4, 0.5) is 8.78 Å². The first-order valence-corrected chi connectivity index (χ1v) is 8.48. The van der Waals surface area contributed by atoms with Gasteiger partial charge in [-0.25, -0.2) is 8.78 Å². The lowest BCUT2D eigenvalue weighted by molar-refractivity contribution is 0.194. The second-order valence-corrected chi connectivity index (χ2v) is 7.30. The molecule has 2 aromatic rings. The Morgan fingerprint density at radius 2 is 1.70 bits per heavy atom. The Labute approximate surface area is 153 Å². The van der Waals surface area contributed by atoms with Gasteiger partial charge in [-0.1, -0.05) is 23.2 Å². The third-order valence-electron chi connectivity index (χ3n) is 3.70. The molecule has 8 heteroatoms. The number of hydrogen-bond donors (Lipinski definition) is 1. The van der Waals surface area contributed by atoms with Crippen LogP contribution in [-0.4, -0.2) is 31.1 Å². The quantitative estimate of drug-likeness (QED) is 0.801. The van der Waals surface area contributed by atoms with Gasteiger partial charge in [0.2, 0.25) is 0 Å². The molecule has 23 heavy (non-hydrogen) atoms. The highest BCUT2D eigenvalue weighted by atomic mass is 35.5. The van der Waals surface area contributed by atoms with Gasteiger partial charge >= 0.3 is 0 Å². The van der Waals surface area contributed by atoms with Crippen molar-refractivity contribution in [2.24, 2.45) is 0 Å². The van der Waals surface area contributed by atoms with Crippen molar-refractivity contribution < 1.29 is 8.78 Å². The van der Waals surface area contributed by atoms with Crippen LogP contribution >= 0.6 is 46.9 Å². The Balaban J connectivity index is 0.00000192. The maximum Gasteiger partial charge on any atom is 0.132 e. The van der Waals surface area contributed by atoms with E-state index in [2.05, 4.69) is 10.2 Å². The highest BCUT2D eigenvalue weighted by molar-refractivity contribution is 7.16. The van der Waals surface area contributed by atoms with Crippen molar-refractivity contribution in [2.75, 3.05) is 26.2 Å². The zero-order chi connectivity index (χ0) is 15.7. The minimum atomic E-state index is -0.627. The van der Waals surface area contributed by atoms with Crippen molar-refractivity contribution in [3.63, 3.8) is 0 Å². The Kier molecular flexibility index (Phi) is 6.66. The molecule has 0 bridgehead atoms. The molecule has 2 heterocycles. The highest BCUT2D eigenvalue weighted by Gasteiger charge is 2.30. The summed E-state index contributed by atoms with van der Waals surface area (Å²) >= 11 is 13.1. The van der Waals surface area contributed by atoms with E-state index in [1.54, 1.807) is 6.07 Å². The van der Waals surface area contributed by atoms with E-state index >= 15 is 0 Å². The molecule has 126 valence electrons. The summed E-state index contributed by atoms with van der Waals surface area (Å²) in [6.45, 7) is 2.99. The molecule has 0 saturated carbocycles. The van der Waals surface area contributed by atoms with Crippen LogP contribution in [0.1, 0.15) is 16.5 Å². The van der Waals surface area contributed by atoms with Crippen molar-refractivity contribution >= 4 is 46.9 Å². The fraction of sp³-hybridized carbons (Fsp3) is 0.333. The van der Waals surface area contributed by atoms with E-state index < -0.39 is 17.7 Å². The van der Waals surface area contributed by atoms with Gasteiger partial charge in [0.1, 0.15) is 11.6 Å². The second kappa shape index (κ2) is 8.10. The van der Waals surface area contributed by atoms with E-state index in [1.165, 1.54) is 11.3 Å². The van der Waals surface area contributed by atoms with Crippen LogP contribution in [-0.2, 0) is 0 Å². The lowest BCUT2D eigenvalue weighted by atomic mass is 10.0. The first-order valence-electron chi connectivity index (χ1n) is 6.90. The third kappa shape index (κ3) is 4.16. The summed E-state index contributed by atoms with van der Waals surface area (Å²) in [5.41, 5.74) is 0.0322. The molecule has 0 aliphatic carbocycles. The number of thiophene rings is 1. The predicted molar refractivity (Wildman–Crippen MR) is 94.2 cm³/mol. The molecule has 1 aromatic heterocycles. The normalized spacial score (nSPS) is 16.9. The fourth-order valence-electron chi connectivity index (χ4n) is 2.73. The zero-order valence-electron chi connectivity index (χ0n) is 12.0. The Bertz CT molecular complexity index is 651. The minimum Gasteiger partial charge on any atom is -0.314 e. The average molecular weight is 400 g/mol. The average Bonchev–Trinajstić information content (AvgIpc) is 2.89. The number of benzene rings is 1. The van der Waals surface area contributed by atoms with Crippen molar-refractivity contribution in [3.8, 4) is 0 Å². The van der Waals surface area contributed by atoms with E-state index in [-0.39, 0.29) is 23.0 Å². The standard InChI is InChI=1S/C15H14Cl2F2N2S.ClH/c16-9-7-10(18)14(11(19)8-9)15(12-1-2-13(17)22-12)21-5-3-20-4-6-21;/h1-2,7-8,15,20H,3-6H2;1H/t15-;/m0./s1. The smallest absolute Gasteiger partial charge is 0.132 e. The van der Waals surface area contributed by atoms with E-state index in [4.69, 9.17) is 23.2 Å². The molecule has 0 radical (unpaired) electrons. The summed E-state index contributed by atoms with van der Waals surface area (Å²) < 4.78 is 29.4.